The summed E-state index contributed by atoms with van der Waals surface area (Å²) in [7, 11) is 0. The Labute approximate surface area is 187 Å². The summed E-state index contributed by atoms with van der Waals surface area (Å²) < 4.78 is 6.56. The first-order valence-electron chi connectivity index (χ1n) is 10.7. The molecule has 0 atom stereocenters. The lowest BCUT2D eigenvalue weighted by Crippen LogP contribution is -2.28. The van der Waals surface area contributed by atoms with Gasteiger partial charge in [0.05, 0.1) is 34.7 Å². The summed E-state index contributed by atoms with van der Waals surface area (Å²) in [5.74, 6) is 1.09. The Balaban J connectivity index is 1.71. The zero-order chi connectivity index (χ0) is 21.7. The molecule has 0 unspecified atom stereocenters. The fourth-order valence-corrected chi connectivity index (χ4v) is 4.50. The van der Waals surface area contributed by atoms with Gasteiger partial charge in [-0.2, -0.15) is 4.98 Å². The van der Waals surface area contributed by atoms with E-state index < -0.39 is 0 Å². The number of rotatable bonds is 6. The molecule has 1 aromatic carbocycles. The first-order chi connectivity index (χ1) is 14.9. The molecule has 1 fully saturated rings. The Morgan fingerprint density at radius 2 is 1.90 bits per heavy atom. The highest BCUT2D eigenvalue weighted by molar-refractivity contribution is 9.10. The van der Waals surface area contributed by atoms with E-state index in [0.29, 0.717) is 17.1 Å². The second kappa shape index (κ2) is 7.75. The molecule has 4 aromatic rings. The maximum atomic E-state index is 13.3. The highest BCUT2D eigenvalue weighted by Gasteiger charge is 2.29. The predicted octanol–water partition coefficient (Wildman–Crippen LogP) is 4.10. The summed E-state index contributed by atoms with van der Waals surface area (Å²) in [5, 5.41) is 0.588. The third kappa shape index (κ3) is 3.63. The molecule has 0 radical (unpaired) electrons. The third-order valence-corrected chi connectivity index (χ3v) is 6.42. The number of halogens is 1. The molecule has 0 spiro atoms. The standard InChI is InChI=1S/C23H24BrN5O2/c1-14(2)8-10-27-19-11-15(24)3-6-17(19)22(30)26-21(27)13-28-20-12-25-9-7-18(20)29(23(28)31)16-4-5-16/h3,6-7,9,11-12,14,16H,4-5,8,10,13H2,1-2H3. The van der Waals surface area contributed by atoms with Gasteiger partial charge in [0.25, 0.3) is 5.56 Å². The second-order valence-electron chi connectivity index (χ2n) is 8.66. The van der Waals surface area contributed by atoms with E-state index in [0.717, 1.165) is 46.8 Å². The Kier molecular flexibility index (Phi) is 5.04. The molecule has 0 aliphatic heterocycles. The van der Waals surface area contributed by atoms with E-state index in [2.05, 4.69) is 44.3 Å². The first kappa shape index (κ1) is 20.2. The maximum absolute atomic E-state index is 13.3. The SMILES string of the molecule is CC(C)CCn1c(Cn2c(=O)n(C3CC3)c3ccncc32)nc(=O)c2ccc(Br)cc21. The van der Waals surface area contributed by atoms with E-state index in [1.165, 1.54) is 0 Å². The summed E-state index contributed by atoms with van der Waals surface area (Å²) in [6.07, 6.45) is 6.42. The molecule has 0 bridgehead atoms. The Morgan fingerprint density at radius 3 is 2.65 bits per heavy atom. The van der Waals surface area contributed by atoms with Gasteiger partial charge in [0.15, 0.2) is 0 Å². The Morgan fingerprint density at radius 1 is 1.10 bits per heavy atom. The van der Waals surface area contributed by atoms with Gasteiger partial charge >= 0.3 is 5.69 Å². The van der Waals surface area contributed by atoms with Gasteiger partial charge < -0.3 is 4.57 Å². The second-order valence-corrected chi connectivity index (χ2v) is 9.58. The summed E-state index contributed by atoms with van der Waals surface area (Å²) in [6, 6.07) is 7.77. The maximum Gasteiger partial charge on any atom is 0.329 e. The van der Waals surface area contributed by atoms with Crippen molar-refractivity contribution >= 4 is 37.9 Å². The van der Waals surface area contributed by atoms with Crippen molar-refractivity contribution in [1.29, 1.82) is 0 Å². The van der Waals surface area contributed by atoms with E-state index in [-0.39, 0.29) is 23.8 Å². The minimum absolute atomic E-state index is 0.0653. The monoisotopic (exact) mass is 481 g/mol. The number of pyridine rings is 1. The topological polar surface area (TPSA) is 74.7 Å². The van der Waals surface area contributed by atoms with E-state index in [1.54, 1.807) is 23.0 Å². The number of hydrogen-bond acceptors (Lipinski definition) is 4. The van der Waals surface area contributed by atoms with Gasteiger partial charge in [-0.15, -0.1) is 0 Å². The van der Waals surface area contributed by atoms with Crippen LogP contribution in [0.5, 0.6) is 0 Å². The summed E-state index contributed by atoms with van der Waals surface area (Å²) in [6.45, 7) is 5.30. The van der Waals surface area contributed by atoms with Gasteiger partial charge in [0.2, 0.25) is 0 Å². The fraction of sp³-hybridized carbons (Fsp3) is 0.391. The van der Waals surface area contributed by atoms with Crippen molar-refractivity contribution in [3.63, 3.8) is 0 Å². The van der Waals surface area contributed by atoms with Crippen LogP contribution in [0.25, 0.3) is 21.9 Å². The van der Waals surface area contributed by atoms with Crippen LogP contribution in [0.3, 0.4) is 0 Å². The Bertz CT molecular complexity index is 1410. The molecular formula is C23H24BrN5O2. The van der Waals surface area contributed by atoms with Gasteiger partial charge in [0, 0.05) is 23.3 Å². The van der Waals surface area contributed by atoms with Crippen LogP contribution in [0.2, 0.25) is 0 Å². The zero-order valence-corrected chi connectivity index (χ0v) is 19.2. The largest absolute Gasteiger partial charge is 0.329 e. The summed E-state index contributed by atoms with van der Waals surface area (Å²) in [5.41, 5.74) is 2.17. The molecule has 1 aliphatic carbocycles. The number of nitrogens with zero attached hydrogens (tertiary/aromatic N) is 5. The van der Waals surface area contributed by atoms with Crippen LogP contribution in [-0.4, -0.2) is 23.7 Å². The van der Waals surface area contributed by atoms with Gasteiger partial charge in [-0.25, -0.2) is 4.79 Å². The normalized spacial score (nSPS) is 14.2. The molecule has 160 valence electrons. The van der Waals surface area contributed by atoms with E-state index in [4.69, 9.17) is 0 Å². The number of imidazole rings is 1. The minimum atomic E-state index is -0.268. The van der Waals surface area contributed by atoms with Crippen LogP contribution in [-0.2, 0) is 13.1 Å². The summed E-state index contributed by atoms with van der Waals surface area (Å²) >= 11 is 3.53. The van der Waals surface area contributed by atoms with Gasteiger partial charge in [-0.3, -0.25) is 18.9 Å². The van der Waals surface area contributed by atoms with E-state index >= 15 is 0 Å². The van der Waals surface area contributed by atoms with Crippen molar-refractivity contribution in [3.05, 3.63) is 67.8 Å². The number of fused-ring (bicyclic) bond motifs is 2. The molecule has 3 heterocycles. The van der Waals surface area contributed by atoms with Crippen molar-refractivity contribution in [3.8, 4) is 0 Å². The smallest absolute Gasteiger partial charge is 0.327 e. The van der Waals surface area contributed by atoms with E-state index in [9.17, 15) is 9.59 Å². The zero-order valence-electron chi connectivity index (χ0n) is 17.6. The first-order valence-corrected chi connectivity index (χ1v) is 11.5. The number of benzene rings is 1. The van der Waals surface area contributed by atoms with Crippen molar-refractivity contribution in [2.24, 2.45) is 5.92 Å². The molecule has 0 saturated heterocycles. The van der Waals surface area contributed by atoms with Gasteiger partial charge in [0.1, 0.15) is 5.82 Å². The van der Waals surface area contributed by atoms with Gasteiger partial charge in [-0.05, 0) is 49.4 Å². The van der Waals surface area contributed by atoms with E-state index in [1.807, 2.05) is 22.8 Å². The molecule has 0 amide bonds. The average molecular weight is 482 g/mol. The molecule has 31 heavy (non-hydrogen) atoms. The lowest BCUT2D eigenvalue weighted by atomic mass is 10.1. The van der Waals surface area contributed by atoms with Crippen LogP contribution in [0.15, 0.2) is 50.7 Å². The number of aromatic nitrogens is 5. The molecule has 1 aliphatic rings. The molecular weight excluding hydrogens is 458 g/mol. The van der Waals surface area contributed by atoms with Crippen LogP contribution in [0.1, 0.15) is 45.0 Å². The lowest BCUT2D eigenvalue weighted by Gasteiger charge is -2.17. The molecule has 5 rings (SSSR count). The van der Waals surface area contributed by atoms with Gasteiger partial charge in [-0.1, -0.05) is 29.8 Å². The quantitative estimate of drug-likeness (QED) is 0.415. The molecule has 1 saturated carbocycles. The molecule has 7 nitrogen and oxygen atoms in total. The third-order valence-electron chi connectivity index (χ3n) is 5.93. The number of hydrogen-bond donors (Lipinski definition) is 0. The minimum Gasteiger partial charge on any atom is -0.327 e. The van der Waals surface area contributed by atoms with Crippen molar-refractivity contribution in [2.45, 2.75) is 52.2 Å². The van der Waals surface area contributed by atoms with Crippen LogP contribution in [0, 0.1) is 5.92 Å². The Hall–Kier alpha value is -2.74. The average Bonchev–Trinajstić information content (AvgIpc) is 3.53. The summed E-state index contributed by atoms with van der Waals surface area (Å²) in [4.78, 5) is 34.8. The number of aryl methyl sites for hydroxylation is 1. The van der Waals surface area contributed by atoms with Crippen LogP contribution in [0.4, 0.5) is 0 Å². The highest BCUT2D eigenvalue weighted by atomic mass is 79.9. The van der Waals surface area contributed by atoms with Crippen molar-refractivity contribution in [1.82, 2.24) is 23.7 Å². The van der Waals surface area contributed by atoms with Crippen molar-refractivity contribution in [2.75, 3.05) is 0 Å². The highest BCUT2D eigenvalue weighted by Crippen LogP contribution is 2.36. The fourth-order valence-electron chi connectivity index (χ4n) is 4.15. The molecule has 8 heteroatoms. The predicted molar refractivity (Wildman–Crippen MR) is 125 cm³/mol. The molecule has 3 aromatic heterocycles. The lowest BCUT2D eigenvalue weighted by molar-refractivity contribution is 0.500. The van der Waals surface area contributed by atoms with Crippen molar-refractivity contribution < 1.29 is 0 Å². The van der Waals surface area contributed by atoms with Crippen LogP contribution >= 0.6 is 15.9 Å². The molecule has 0 N–H and O–H groups in total. The van der Waals surface area contributed by atoms with Crippen LogP contribution < -0.4 is 11.2 Å².